The smallest absolute Gasteiger partial charge is 0.329 e. The average Bonchev–Trinajstić information content (AvgIpc) is 3.05. The molecule has 3 aromatic rings. The first kappa shape index (κ1) is 20.4. The van der Waals surface area contributed by atoms with Crippen LogP contribution in [0.3, 0.4) is 0 Å². The van der Waals surface area contributed by atoms with Gasteiger partial charge in [-0.2, -0.15) is 0 Å². The van der Waals surface area contributed by atoms with Crippen LogP contribution in [0.25, 0.3) is 16.6 Å². The minimum atomic E-state index is -1.06. The van der Waals surface area contributed by atoms with Crippen LogP contribution >= 0.6 is 0 Å². The summed E-state index contributed by atoms with van der Waals surface area (Å²) in [5.41, 5.74) is 1.79. The fourth-order valence-corrected chi connectivity index (χ4v) is 4.26. The molecule has 0 radical (unpaired) electrons. The highest BCUT2D eigenvalue weighted by molar-refractivity contribution is 5.94. The van der Waals surface area contributed by atoms with E-state index in [-0.39, 0.29) is 18.2 Å². The number of rotatable bonds is 5. The van der Waals surface area contributed by atoms with Gasteiger partial charge in [0.25, 0.3) is 0 Å². The normalized spacial score (nSPS) is 20.3. The largest absolute Gasteiger partial charge is 0.507 e. The number of phenolic OH excluding ortho intramolecular Hbond substituents is 1. The molecule has 0 bridgehead atoms. The fourth-order valence-electron chi connectivity index (χ4n) is 4.26. The van der Waals surface area contributed by atoms with Crippen molar-refractivity contribution in [2.45, 2.75) is 31.8 Å². The predicted octanol–water partition coefficient (Wildman–Crippen LogP) is 4.10. The summed E-state index contributed by atoms with van der Waals surface area (Å²) in [5, 5.41) is 20.4. The van der Waals surface area contributed by atoms with Crippen molar-refractivity contribution >= 4 is 16.9 Å². The van der Waals surface area contributed by atoms with E-state index >= 15 is 0 Å². The molecule has 0 fully saturated rings. The zero-order valence-electron chi connectivity index (χ0n) is 17.1. The van der Waals surface area contributed by atoms with E-state index in [9.17, 15) is 14.3 Å². The lowest BCUT2D eigenvalue weighted by atomic mass is 9.78. The maximum atomic E-state index is 13.6. The SMILES string of the molecule is CC1(C)COC(C)(COCC(=O)O)c2c1n(-c1ccc(F)cc1)c1cccc(O)c21. The number of aromatic nitrogens is 1. The number of carbonyl (C=O) groups is 1. The lowest BCUT2D eigenvalue weighted by Gasteiger charge is -2.42. The van der Waals surface area contributed by atoms with Crippen molar-refractivity contribution < 1.29 is 28.9 Å². The van der Waals surface area contributed by atoms with Crippen LogP contribution in [0.4, 0.5) is 4.39 Å². The monoisotopic (exact) mass is 413 g/mol. The van der Waals surface area contributed by atoms with Gasteiger partial charge in [-0.1, -0.05) is 19.9 Å². The maximum absolute atomic E-state index is 13.6. The third-order valence-corrected chi connectivity index (χ3v) is 5.58. The molecule has 0 saturated carbocycles. The van der Waals surface area contributed by atoms with Gasteiger partial charge in [0.05, 0.1) is 18.7 Å². The zero-order chi connectivity index (χ0) is 21.7. The second-order valence-corrected chi connectivity index (χ2v) is 8.50. The number of nitrogens with zero attached hydrogens (tertiary/aromatic N) is 1. The number of fused-ring (bicyclic) bond motifs is 3. The minimum absolute atomic E-state index is 0.0131. The van der Waals surface area contributed by atoms with Crippen LogP contribution in [0, 0.1) is 5.82 Å². The number of aliphatic carboxylic acids is 1. The van der Waals surface area contributed by atoms with Gasteiger partial charge in [0.2, 0.25) is 0 Å². The Morgan fingerprint density at radius 3 is 2.57 bits per heavy atom. The first-order chi connectivity index (χ1) is 14.1. The first-order valence-electron chi connectivity index (χ1n) is 9.71. The number of hydrogen-bond acceptors (Lipinski definition) is 4. The third kappa shape index (κ3) is 3.24. The van der Waals surface area contributed by atoms with Crippen molar-refractivity contribution in [3.05, 3.63) is 59.5 Å². The van der Waals surface area contributed by atoms with Crippen molar-refractivity contribution in [3.8, 4) is 11.4 Å². The number of benzene rings is 2. The summed E-state index contributed by atoms with van der Waals surface area (Å²) >= 11 is 0. The highest BCUT2D eigenvalue weighted by atomic mass is 19.1. The van der Waals surface area contributed by atoms with E-state index in [1.165, 1.54) is 12.1 Å². The van der Waals surface area contributed by atoms with E-state index in [0.29, 0.717) is 12.0 Å². The number of ether oxygens (including phenoxy) is 2. The van der Waals surface area contributed by atoms with Gasteiger partial charge in [-0.25, -0.2) is 9.18 Å². The van der Waals surface area contributed by atoms with E-state index in [2.05, 4.69) is 0 Å². The highest BCUT2D eigenvalue weighted by Crippen LogP contribution is 2.49. The van der Waals surface area contributed by atoms with E-state index in [1.807, 2.05) is 31.4 Å². The molecule has 2 N–H and O–H groups in total. The summed E-state index contributed by atoms with van der Waals surface area (Å²) < 4.78 is 27.2. The van der Waals surface area contributed by atoms with E-state index < -0.39 is 23.6 Å². The number of phenols is 1. The Hall–Kier alpha value is -2.90. The second kappa shape index (κ2) is 7.11. The number of aromatic hydroxyl groups is 1. The molecule has 0 spiro atoms. The number of halogens is 1. The summed E-state index contributed by atoms with van der Waals surface area (Å²) in [7, 11) is 0. The highest BCUT2D eigenvalue weighted by Gasteiger charge is 2.46. The summed E-state index contributed by atoms with van der Waals surface area (Å²) in [4.78, 5) is 10.9. The van der Waals surface area contributed by atoms with Crippen LogP contribution in [0.1, 0.15) is 32.0 Å². The lowest BCUT2D eigenvalue weighted by Crippen LogP contribution is -2.45. The molecule has 1 aliphatic heterocycles. The van der Waals surface area contributed by atoms with Crippen LogP contribution in [-0.4, -0.2) is 40.6 Å². The van der Waals surface area contributed by atoms with Crippen LogP contribution in [0.2, 0.25) is 0 Å². The molecule has 0 amide bonds. The molecule has 1 atom stereocenters. The molecule has 30 heavy (non-hydrogen) atoms. The molecule has 2 heterocycles. The molecule has 0 aliphatic carbocycles. The lowest BCUT2D eigenvalue weighted by molar-refractivity contribution is -0.150. The second-order valence-electron chi connectivity index (χ2n) is 8.50. The van der Waals surface area contributed by atoms with Crippen LogP contribution in [-0.2, 0) is 25.3 Å². The van der Waals surface area contributed by atoms with Gasteiger partial charge in [-0.15, -0.1) is 0 Å². The molecular weight excluding hydrogens is 389 g/mol. The minimum Gasteiger partial charge on any atom is -0.507 e. The molecule has 2 aromatic carbocycles. The molecule has 1 unspecified atom stereocenters. The molecule has 1 aliphatic rings. The Morgan fingerprint density at radius 2 is 1.90 bits per heavy atom. The van der Waals surface area contributed by atoms with Crippen molar-refractivity contribution in [1.29, 1.82) is 0 Å². The predicted molar refractivity (Wildman–Crippen MR) is 110 cm³/mol. The van der Waals surface area contributed by atoms with Crippen LogP contribution < -0.4 is 0 Å². The first-order valence-corrected chi connectivity index (χ1v) is 9.71. The molecule has 4 rings (SSSR count). The van der Waals surface area contributed by atoms with Gasteiger partial charge < -0.3 is 24.3 Å². The number of carboxylic acids is 1. The zero-order valence-corrected chi connectivity index (χ0v) is 17.1. The molecule has 1 aromatic heterocycles. The van der Waals surface area contributed by atoms with Gasteiger partial charge >= 0.3 is 5.97 Å². The topological polar surface area (TPSA) is 80.9 Å². The van der Waals surface area contributed by atoms with Crippen LogP contribution in [0.15, 0.2) is 42.5 Å². The van der Waals surface area contributed by atoms with E-state index in [0.717, 1.165) is 22.5 Å². The number of carboxylic acid groups (broad SMARTS) is 1. The standard InChI is InChI=1S/C23H24FNO5/c1-22(2)12-30-23(3,13-29-11-18(27)28)20-19-16(5-4-6-17(19)26)25(21(20)22)15-9-7-14(24)8-10-15/h4-10,26H,11-13H2,1-3H3,(H,27,28). The third-order valence-electron chi connectivity index (χ3n) is 5.58. The van der Waals surface area contributed by atoms with Gasteiger partial charge in [-0.3, -0.25) is 0 Å². The molecule has 6 nitrogen and oxygen atoms in total. The Balaban J connectivity index is 2.02. The van der Waals surface area contributed by atoms with E-state index in [1.54, 1.807) is 24.3 Å². The van der Waals surface area contributed by atoms with Gasteiger partial charge in [0, 0.05) is 27.7 Å². The fraction of sp³-hybridized carbons (Fsp3) is 0.348. The molecule has 158 valence electrons. The maximum Gasteiger partial charge on any atom is 0.329 e. The summed E-state index contributed by atoms with van der Waals surface area (Å²) in [6.07, 6.45) is 0. The van der Waals surface area contributed by atoms with Crippen molar-refractivity contribution in [3.63, 3.8) is 0 Å². The van der Waals surface area contributed by atoms with Crippen molar-refractivity contribution in [2.24, 2.45) is 0 Å². The Labute approximate surface area is 173 Å². The van der Waals surface area contributed by atoms with Crippen molar-refractivity contribution in [1.82, 2.24) is 4.57 Å². The Morgan fingerprint density at radius 1 is 1.20 bits per heavy atom. The van der Waals surface area contributed by atoms with Crippen molar-refractivity contribution in [2.75, 3.05) is 19.8 Å². The van der Waals surface area contributed by atoms with E-state index in [4.69, 9.17) is 14.6 Å². The quantitative estimate of drug-likeness (QED) is 0.658. The Kier molecular flexibility index (Phi) is 4.83. The molecule has 0 saturated heterocycles. The Bertz CT molecular complexity index is 1120. The van der Waals surface area contributed by atoms with Gasteiger partial charge in [-0.05, 0) is 43.3 Å². The van der Waals surface area contributed by atoms with Gasteiger partial charge in [0.1, 0.15) is 23.8 Å². The number of hydrogen-bond donors (Lipinski definition) is 2. The summed E-state index contributed by atoms with van der Waals surface area (Å²) in [6.45, 7) is 5.85. The summed E-state index contributed by atoms with van der Waals surface area (Å²) in [6, 6.07) is 11.5. The van der Waals surface area contributed by atoms with Crippen LogP contribution in [0.5, 0.6) is 5.75 Å². The van der Waals surface area contributed by atoms with Gasteiger partial charge in [0.15, 0.2) is 0 Å². The summed E-state index contributed by atoms with van der Waals surface area (Å²) in [5.74, 6) is -1.30. The molecular formula is C23H24FNO5. The molecule has 7 heteroatoms. The average molecular weight is 413 g/mol.